The molecule has 1 heterocycles. The van der Waals surface area contributed by atoms with Gasteiger partial charge in [0.1, 0.15) is 0 Å². The van der Waals surface area contributed by atoms with Crippen molar-refractivity contribution in [3.63, 3.8) is 0 Å². The molecule has 0 saturated carbocycles. The molecular weight excluding hydrogens is 264 g/mol. The van der Waals surface area contributed by atoms with Crippen LogP contribution >= 0.6 is 27.3 Å². The Morgan fingerprint density at radius 1 is 1.71 bits per heavy atom. The van der Waals surface area contributed by atoms with Gasteiger partial charge in [-0.3, -0.25) is 4.79 Å². The lowest BCUT2D eigenvalue weighted by molar-refractivity contribution is -0.138. The highest BCUT2D eigenvalue weighted by Gasteiger charge is 2.09. The average molecular weight is 277 g/mol. The second-order valence-electron chi connectivity index (χ2n) is 3.43. The van der Waals surface area contributed by atoms with E-state index >= 15 is 0 Å². The van der Waals surface area contributed by atoms with Gasteiger partial charge in [-0.2, -0.15) is 0 Å². The fraction of sp³-hybridized carbons (Fsp3) is 0.500. The molecule has 0 amide bonds. The van der Waals surface area contributed by atoms with Gasteiger partial charge in [0.25, 0.3) is 0 Å². The molecule has 0 fully saturated rings. The highest BCUT2D eigenvalue weighted by atomic mass is 79.9. The Hall–Kier alpha value is -0.350. The van der Waals surface area contributed by atoms with Crippen LogP contribution in [0.3, 0.4) is 0 Å². The zero-order valence-electron chi connectivity index (χ0n) is 8.00. The van der Waals surface area contributed by atoms with Crippen molar-refractivity contribution in [1.82, 2.24) is 0 Å². The lowest BCUT2D eigenvalue weighted by atomic mass is 10.0. The molecule has 1 rings (SSSR count). The SMILES string of the molecule is CC(CCc1sccc1Br)CC(=O)O. The summed E-state index contributed by atoms with van der Waals surface area (Å²) in [6, 6.07) is 2.03. The molecule has 2 nitrogen and oxygen atoms in total. The Kier molecular flexibility index (Phi) is 4.62. The van der Waals surface area contributed by atoms with E-state index in [1.54, 1.807) is 11.3 Å². The summed E-state index contributed by atoms with van der Waals surface area (Å²) in [5.74, 6) is -0.454. The smallest absolute Gasteiger partial charge is 0.303 e. The number of halogens is 1. The van der Waals surface area contributed by atoms with Crippen molar-refractivity contribution in [1.29, 1.82) is 0 Å². The minimum absolute atomic E-state index is 0.251. The highest BCUT2D eigenvalue weighted by Crippen LogP contribution is 2.25. The summed E-state index contributed by atoms with van der Waals surface area (Å²) in [5, 5.41) is 10.6. The molecule has 0 saturated heterocycles. The van der Waals surface area contributed by atoms with Gasteiger partial charge in [-0.05, 0) is 46.1 Å². The standard InChI is InChI=1S/C10H13BrO2S/c1-7(6-10(12)13)2-3-9-8(11)4-5-14-9/h4-5,7H,2-3,6H2,1H3,(H,12,13). The van der Waals surface area contributed by atoms with Gasteiger partial charge in [-0.15, -0.1) is 11.3 Å². The molecule has 0 aliphatic heterocycles. The minimum atomic E-state index is -0.706. The first-order chi connectivity index (χ1) is 6.59. The molecule has 1 aromatic heterocycles. The van der Waals surface area contributed by atoms with E-state index in [9.17, 15) is 4.79 Å². The molecule has 0 aliphatic carbocycles. The summed E-state index contributed by atoms with van der Waals surface area (Å²) in [6.07, 6.45) is 2.17. The third-order valence-electron chi connectivity index (χ3n) is 2.08. The molecule has 78 valence electrons. The summed E-state index contributed by atoms with van der Waals surface area (Å²) in [4.78, 5) is 11.7. The van der Waals surface area contributed by atoms with Crippen molar-refractivity contribution in [2.45, 2.75) is 26.2 Å². The molecular formula is C10H13BrO2S. The quantitative estimate of drug-likeness (QED) is 0.893. The number of carbonyl (C=O) groups is 1. The zero-order chi connectivity index (χ0) is 10.6. The molecule has 14 heavy (non-hydrogen) atoms. The van der Waals surface area contributed by atoms with E-state index in [0.717, 1.165) is 17.3 Å². The molecule has 1 unspecified atom stereocenters. The van der Waals surface area contributed by atoms with Crippen LogP contribution in [-0.2, 0) is 11.2 Å². The molecule has 0 radical (unpaired) electrons. The molecule has 0 aliphatic rings. The summed E-state index contributed by atoms with van der Waals surface area (Å²) in [5.41, 5.74) is 0. The van der Waals surface area contributed by atoms with Crippen molar-refractivity contribution >= 4 is 33.2 Å². The van der Waals surface area contributed by atoms with E-state index < -0.39 is 5.97 Å². The maximum absolute atomic E-state index is 10.4. The second kappa shape index (κ2) is 5.51. The van der Waals surface area contributed by atoms with Crippen LogP contribution in [0, 0.1) is 5.92 Å². The molecule has 1 aromatic rings. The second-order valence-corrected chi connectivity index (χ2v) is 5.29. The van der Waals surface area contributed by atoms with Gasteiger partial charge in [0.2, 0.25) is 0 Å². The Balaban J connectivity index is 2.34. The molecule has 0 bridgehead atoms. The third-order valence-corrected chi connectivity index (χ3v) is 4.06. The number of thiophene rings is 1. The minimum Gasteiger partial charge on any atom is -0.481 e. The first-order valence-corrected chi connectivity index (χ1v) is 6.20. The molecule has 4 heteroatoms. The van der Waals surface area contributed by atoms with Crippen LogP contribution in [0.25, 0.3) is 0 Å². The Morgan fingerprint density at radius 2 is 2.43 bits per heavy atom. The molecule has 0 aromatic carbocycles. The fourth-order valence-corrected chi connectivity index (χ4v) is 2.85. The van der Waals surface area contributed by atoms with Crippen molar-refractivity contribution in [2.75, 3.05) is 0 Å². The number of carboxylic acids is 1. The average Bonchev–Trinajstić information content (AvgIpc) is 2.46. The van der Waals surface area contributed by atoms with Gasteiger partial charge in [-0.1, -0.05) is 6.92 Å². The molecule has 0 spiro atoms. The highest BCUT2D eigenvalue weighted by molar-refractivity contribution is 9.10. The topological polar surface area (TPSA) is 37.3 Å². The normalized spacial score (nSPS) is 12.7. The van der Waals surface area contributed by atoms with Gasteiger partial charge in [0.05, 0.1) is 0 Å². The Labute approximate surface area is 96.1 Å². The van der Waals surface area contributed by atoms with Crippen LogP contribution in [0.2, 0.25) is 0 Å². The number of hydrogen-bond donors (Lipinski definition) is 1. The van der Waals surface area contributed by atoms with Crippen LogP contribution < -0.4 is 0 Å². The van der Waals surface area contributed by atoms with Crippen LogP contribution in [-0.4, -0.2) is 11.1 Å². The van der Waals surface area contributed by atoms with Gasteiger partial charge < -0.3 is 5.11 Å². The van der Waals surface area contributed by atoms with Crippen molar-refractivity contribution in [2.24, 2.45) is 5.92 Å². The Morgan fingerprint density at radius 3 is 2.93 bits per heavy atom. The maximum atomic E-state index is 10.4. The van der Waals surface area contributed by atoms with E-state index in [1.165, 1.54) is 4.88 Å². The lowest BCUT2D eigenvalue weighted by Gasteiger charge is -2.06. The van der Waals surface area contributed by atoms with Crippen LogP contribution in [0.1, 0.15) is 24.6 Å². The van der Waals surface area contributed by atoms with Crippen molar-refractivity contribution < 1.29 is 9.90 Å². The number of hydrogen-bond acceptors (Lipinski definition) is 2. The van der Waals surface area contributed by atoms with Gasteiger partial charge >= 0.3 is 5.97 Å². The Bertz CT molecular complexity index is 309. The van der Waals surface area contributed by atoms with Gasteiger partial charge in [0, 0.05) is 15.8 Å². The van der Waals surface area contributed by atoms with Crippen LogP contribution in [0.4, 0.5) is 0 Å². The van der Waals surface area contributed by atoms with Crippen LogP contribution in [0.5, 0.6) is 0 Å². The van der Waals surface area contributed by atoms with E-state index in [0.29, 0.717) is 0 Å². The summed E-state index contributed by atoms with van der Waals surface area (Å²) in [7, 11) is 0. The fourth-order valence-electron chi connectivity index (χ4n) is 1.28. The largest absolute Gasteiger partial charge is 0.481 e. The van der Waals surface area contributed by atoms with E-state index in [1.807, 2.05) is 18.4 Å². The van der Waals surface area contributed by atoms with Crippen molar-refractivity contribution in [3.05, 3.63) is 20.8 Å². The number of rotatable bonds is 5. The molecule has 1 N–H and O–H groups in total. The van der Waals surface area contributed by atoms with E-state index in [-0.39, 0.29) is 12.3 Å². The summed E-state index contributed by atoms with van der Waals surface area (Å²) in [6.45, 7) is 1.98. The van der Waals surface area contributed by atoms with Crippen molar-refractivity contribution in [3.8, 4) is 0 Å². The third kappa shape index (κ3) is 3.80. The monoisotopic (exact) mass is 276 g/mol. The maximum Gasteiger partial charge on any atom is 0.303 e. The zero-order valence-corrected chi connectivity index (χ0v) is 10.4. The van der Waals surface area contributed by atoms with E-state index in [4.69, 9.17) is 5.11 Å². The predicted molar refractivity (Wildman–Crippen MR) is 61.8 cm³/mol. The first kappa shape index (κ1) is 11.7. The summed E-state index contributed by atoms with van der Waals surface area (Å²) >= 11 is 5.18. The lowest BCUT2D eigenvalue weighted by Crippen LogP contribution is -2.04. The van der Waals surface area contributed by atoms with Gasteiger partial charge in [0.15, 0.2) is 0 Å². The number of carboxylic acid groups (broad SMARTS) is 1. The number of aliphatic carboxylic acids is 1. The predicted octanol–water partition coefficient (Wildman–Crippen LogP) is 3.55. The summed E-state index contributed by atoms with van der Waals surface area (Å²) < 4.78 is 1.14. The van der Waals surface area contributed by atoms with Crippen LogP contribution in [0.15, 0.2) is 15.9 Å². The van der Waals surface area contributed by atoms with Gasteiger partial charge in [-0.25, -0.2) is 0 Å². The molecule has 1 atom stereocenters. The van der Waals surface area contributed by atoms with E-state index in [2.05, 4.69) is 15.9 Å². The first-order valence-electron chi connectivity index (χ1n) is 4.53. The number of aryl methyl sites for hydroxylation is 1.